The molecule has 2 aliphatic heterocycles. The minimum absolute atomic E-state index is 0.0295. The fraction of sp³-hybridized carbons (Fsp3) is 0.632. The van der Waals surface area contributed by atoms with Gasteiger partial charge in [0.1, 0.15) is 5.75 Å². The van der Waals surface area contributed by atoms with Gasteiger partial charge in [0, 0.05) is 25.1 Å². The van der Waals surface area contributed by atoms with Gasteiger partial charge in [-0.05, 0) is 50.9 Å². The molecule has 1 saturated heterocycles. The Morgan fingerprint density at radius 2 is 2.15 bits per heavy atom. The van der Waals surface area contributed by atoms with Crippen LogP contribution >= 0.6 is 0 Å². The first-order chi connectivity index (χ1) is 13.1. The van der Waals surface area contributed by atoms with E-state index in [0.717, 1.165) is 44.6 Å². The van der Waals surface area contributed by atoms with Crippen molar-refractivity contribution in [3.05, 3.63) is 29.3 Å². The molecule has 2 aliphatic rings. The minimum Gasteiger partial charge on any atom is -0.534 e. The highest BCUT2D eigenvalue weighted by Crippen LogP contribution is 2.30. The molecule has 7 nitrogen and oxygen atoms in total. The van der Waals surface area contributed by atoms with Crippen LogP contribution in [0.25, 0.3) is 0 Å². The number of likely N-dealkylation sites (N-methyl/N-ethyl adjacent to an activating group) is 1. The number of amides is 1. The maximum atomic E-state index is 12.5. The van der Waals surface area contributed by atoms with Crippen LogP contribution in [0.1, 0.15) is 30.4 Å². The molecule has 4 N–H and O–H groups in total. The molecule has 2 heterocycles. The Balaban J connectivity index is 1.48. The van der Waals surface area contributed by atoms with Gasteiger partial charge in [0.05, 0.1) is 12.5 Å². The molecular formula is C19H30BN3O4. The van der Waals surface area contributed by atoms with E-state index in [1.807, 2.05) is 19.2 Å². The molecule has 0 unspecified atom stereocenters. The van der Waals surface area contributed by atoms with E-state index < -0.39 is 13.1 Å². The van der Waals surface area contributed by atoms with Crippen LogP contribution < -0.4 is 15.3 Å². The van der Waals surface area contributed by atoms with E-state index in [-0.39, 0.29) is 12.5 Å². The van der Waals surface area contributed by atoms with E-state index in [9.17, 15) is 14.9 Å². The molecule has 1 atom stereocenters. The number of carbonyl (C=O) groups excluding carboxylic acids is 1. The van der Waals surface area contributed by atoms with Gasteiger partial charge in [0.25, 0.3) is 0 Å². The Labute approximate surface area is 161 Å². The van der Waals surface area contributed by atoms with E-state index in [1.165, 1.54) is 0 Å². The predicted octanol–water partition coefficient (Wildman–Crippen LogP) is -0.0602. The first-order valence-corrected chi connectivity index (χ1v) is 9.83. The quantitative estimate of drug-likeness (QED) is 0.499. The molecule has 1 aromatic carbocycles. The monoisotopic (exact) mass is 375 g/mol. The molecule has 27 heavy (non-hydrogen) atoms. The smallest absolute Gasteiger partial charge is 0.534 e. The number of carbonyl (C=O) groups is 1. The highest BCUT2D eigenvalue weighted by atomic mass is 16.5. The number of nitrogens with zero attached hydrogens (tertiary/aromatic N) is 1. The summed E-state index contributed by atoms with van der Waals surface area (Å²) in [7, 11) is 0.862. The normalized spacial score (nSPS) is 20.9. The average molecular weight is 375 g/mol. The summed E-state index contributed by atoms with van der Waals surface area (Å²) >= 11 is 0. The van der Waals surface area contributed by atoms with Gasteiger partial charge in [0.2, 0.25) is 5.91 Å². The standard InChI is InChI=1S/C19H30BN3O4/c1-21-7-10-23-8-5-14(6-9-23)11-18(25)22-17-12-15-3-2-4-16(13-24)19(15)27-20(17)26/h2-4,14,17,21,24,26H,5-13H2,1H3,(H,22,25)/t17-/m0/s1. The molecule has 8 heteroatoms. The van der Waals surface area contributed by atoms with Crippen molar-refractivity contribution in [2.24, 2.45) is 5.92 Å². The van der Waals surface area contributed by atoms with Crippen LogP contribution in [0, 0.1) is 5.92 Å². The number of hydrogen-bond donors (Lipinski definition) is 4. The third kappa shape index (κ3) is 5.22. The Morgan fingerprint density at radius 1 is 1.37 bits per heavy atom. The Kier molecular flexibility index (Phi) is 7.12. The zero-order valence-electron chi connectivity index (χ0n) is 16.0. The second kappa shape index (κ2) is 9.55. The van der Waals surface area contributed by atoms with Gasteiger partial charge in [-0.1, -0.05) is 18.2 Å². The molecular weight excluding hydrogens is 345 g/mol. The number of likely N-dealkylation sites (tertiary alicyclic amines) is 1. The van der Waals surface area contributed by atoms with Gasteiger partial charge < -0.3 is 30.3 Å². The average Bonchev–Trinajstić information content (AvgIpc) is 2.67. The third-order valence-corrected chi connectivity index (χ3v) is 5.58. The molecule has 0 radical (unpaired) electrons. The number of fused-ring (bicyclic) bond motifs is 1. The molecule has 1 aromatic rings. The van der Waals surface area contributed by atoms with E-state index >= 15 is 0 Å². The second-order valence-electron chi connectivity index (χ2n) is 7.54. The number of aliphatic hydroxyl groups is 1. The topological polar surface area (TPSA) is 94.1 Å². The van der Waals surface area contributed by atoms with Crippen molar-refractivity contribution in [1.29, 1.82) is 0 Å². The summed E-state index contributed by atoms with van der Waals surface area (Å²) in [5.41, 5.74) is 1.55. The van der Waals surface area contributed by atoms with Gasteiger partial charge in [-0.25, -0.2) is 0 Å². The maximum absolute atomic E-state index is 12.5. The highest BCUT2D eigenvalue weighted by Gasteiger charge is 2.37. The lowest BCUT2D eigenvalue weighted by Gasteiger charge is -2.32. The zero-order valence-corrected chi connectivity index (χ0v) is 16.0. The summed E-state index contributed by atoms with van der Waals surface area (Å²) < 4.78 is 5.58. The summed E-state index contributed by atoms with van der Waals surface area (Å²) in [6.45, 7) is 3.97. The first kappa shape index (κ1) is 20.1. The SMILES string of the molecule is CNCCN1CCC(CC(=O)N[C@H]2Cc3cccc(CO)c3OB2O)CC1. The molecule has 3 rings (SSSR count). The molecule has 1 amide bonds. The van der Waals surface area contributed by atoms with Crippen LogP contribution in [0.5, 0.6) is 5.75 Å². The van der Waals surface area contributed by atoms with Crippen LogP contribution in [0.3, 0.4) is 0 Å². The highest BCUT2D eigenvalue weighted by molar-refractivity contribution is 6.46. The number of para-hydroxylation sites is 1. The molecule has 148 valence electrons. The minimum atomic E-state index is -1.10. The molecule has 1 fully saturated rings. The van der Waals surface area contributed by atoms with Crippen molar-refractivity contribution in [1.82, 2.24) is 15.5 Å². The molecule has 0 aliphatic carbocycles. The van der Waals surface area contributed by atoms with E-state index in [1.54, 1.807) is 6.07 Å². The summed E-state index contributed by atoms with van der Waals surface area (Å²) in [4.78, 5) is 14.9. The van der Waals surface area contributed by atoms with E-state index in [2.05, 4.69) is 15.5 Å². The number of rotatable bonds is 7. The zero-order chi connectivity index (χ0) is 19.2. The number of nitrogens with one attached hydrogen (secondary N) is 2. The summed E-state index contributed by atoms with van der Waals surface area (Å²) in [5.74, 6) is 0.436. The van der Waals surface area contributed by atoms with Crippen molar-refractivity contribution < 1.29 is 19.6 Å². The number of aliphatic hydroxyl groups excluding tert-OH is 1. The Morgan fingerprint density at radius 3 is 2.85 bits per heavy atom. The number of benzene rings is 1. The van der Waals surface area contributed by atoms with Crippen LogP contribution in [0.2, 0.25) is 0 Å². The van der Waals surface area contributed by atoms with Crippen LogP contribution in [-0.4, -0.2) is 67.2 Å². The Bertz CT molecular complexity index is 637. The first-order valence-electron chi connectivity index (χ1n) is 9.83. The molecule has 0 saturated carbocycles. The third-order valence-electron chi connectivity index (χ3n) is 5.58. The Hall–Kier alpha value is -1.61. The maximum Gasteiger partial charge on any atom is 0.547 e. The molecule has 0 aromatic heterocycles. The van der Waals surface area contributed by atoms with E-state index in [0.29, 0.717) is 30.1 Å². The predicted molar refractivity (Wildman–Crippen MR) is 104 cm³/mol. The van der Waals surface area contributed by atoms with Crippen LogP contribution in [-0.2, 0) is 17.8 Å². The second-order valence-corrected chi connectivity index (χ2v) is 7.54. The largest absolute Gasteiger partial charge is 0.547 e. The fourth-order valence-electron chi connectivity index (χ4n) is 3.95. The van der Waals surface area contributed by atoms with Gasteiger partial charge in [-0.15, -0.1) is 0 Å². The van der Waals surface area contributed by atoms with Crippen molar-refractivity contribution in [2.45, 2.75) is 38.2 Å². The lowest BCUT2D eigenvalue weighted by molar-refractivity contribution is -0.122. The van der Waals surface area contributed by atoms with E-state index in [4.69, 9.17) is 4.65 Å². The van der Waals surface area contributed by atoms with Gasteiger partial charge in [-0.2, -0.15) is 0 Å². The number of piperidine rings is 1. The summed E-state index contributed by atoms with van der Waals surface area (Å²) in [6.07, 6.45) is 3.05. The lowest BCUT2D eigenvalue weighted by atomic mass is 9.72. The molecule has 0 spiro atoms. The van der Waals surface area contributed by atoms with Gasteiger partial charge in [0.15, 0.2) is 0 Å². The van der Waals surface area contributed by atoms with Crippen molar-refractivity contribution in [2.75, 3.05) is 33.2 Å². The van der Waals surface area contributed by atoms with Crippen molar-refractivity contribution in [3.8, 4) is 5.75 Å². The lowest BCUT2D eigenvalue weighted by Crippen LogP contribution is -2.53. The van der Waals surface area contributed by atoms with Gasteiger partial charge >= 0.3 is 7.12 Å². The summed E-state index contributed by atoms with van der Waals surface area (Å²) in [5, 5.41) is 25.8. The number of hydrogen-bond acceptors (Lipinski definition) is 6. The van der Waals surface area contributed by atoms with Gasteiger partial charge in [-0.3, -0.25) is 4.79 Å². The van der Waals surface area contributed by atoms with Crippen molar-refractivity contribution >= 4 is 13.0 Å². The van der Waals surface area contributed by atoms with Crippen molar-refractivity contribution in [3.63, 3.8) is 0 Å². The summed E-state index contributed by atoms with van der Waals surface area (Å²) in [6, 6.07) is 5.53. The molecule has 0 bridgehead atoms. The fourth-order valence-corrected chi connectivity index (χ4v) is 3.95. The van der Waals surface area contributed by atoms with Crippen LogP contribution in [0.15, 0.2) is 18.2 Å². The van der Waals surface area contributed by atoms with Crippen LogP contribution in [0.4, 0.5) is 0 Å².